The molecule has 0 aromatic heterocycles. The van der Waals surface area contributed by atoms with Crippen LogP contribution in [0.1, 0.15) is 35.3 Å². The highest BCUT2D eigenvalue weighted by Crippen LogP contribution is 2.15. The van der Waals surface area contributed by atoms with Gasteiger partial charge in [-0.25, -0.2) is 0 Å². The Bertz CT molecular complexity index is 724. The van der Waals surface area contributed by atoms with Crippen LogP contribution in [0.3, 0.4) is 0 Å². The highest BCUT2D eigenvalue weighted by molar-refractivity contribution is 6.01. The molecule has 0 fully saturated rings. The van der Waals surface area contributed by atoms with Crippen LogP contribution in [0.4, 0.5) is 5.69 Å². The van der Waals surface area contributed by atoms with Crippen molar-refractivity contribution in [3.63, 3.8) is 0 Å². The quantitative estimate of drug-likeness (QED) is 0.881. The van der Waals surface area contributed by atoms with Gasteiger partial charge in [0.1, 0.15) is 6.04 Å². The van der Waals surface area contributed by atoms with Crippen LogP contribution in [-0.4, -0.2) is 17.9 Å². The van der Waals surface area contributed by atoms with Gasteiger partial charge in [-0.05, 0) is 55.2 Å². The smallest absolute Gasteiger partial charge is 0.251 e. The molecule has 2 aromatic carbocycles. The van der Waals surface area contributed by atoms with Gasteiger partial charge in [0.2, 0.25) is 5.91 Å². The van der Waals surface area contributed by atoms with E-state index in [0.717, 1.165) is 11.3 Å². The van der Waals surface area contributed by atoms with Gasteiger partial charge in [-0.15, -0.1) is 0 Å². The molecule has 126 valence electrons. The molecule has 0 aliphatic heterocycles. The highest BCUT2D eigenvalue weighted by Gasteiger charge is 2.24. The summed E-state index contributed by atoms with van der Waals surface area (Å²) in [7, 11) is 0. The number of amides is 2. The van der Waals surface area contributed by atoms with Gasteiger partial charge < -0.3 is 10.6 Å². The molecule has 0 saturated carbocycles. The van der Waals surface area contributed by atoms with Crippen LogP contribution < -0.4 is 10.6 Å². The van der Waals surface area contributed by atoms with Crippen LogP contribution in [0.15, 0.2) is 48.5 Å². The van der Waals surface area contributed by atoms with E-state index in [0.29, 0.717) is 5.56 Å². The van der Waals surface area contributed by atoms with Crippen molar-refractivity contribution in [1.29, 1.82) is 0 Å². The summed E-state index contributed by atoms with van der Waals surface area (Å²) in [5, 5.41) is 5.72. The lowest BCUT2D eigenvalue weighted by Gasteiger charge is -2.22. The largest absolute Gasteiger partial charge is 0.340 e. The van der Waals surface area contributed by atoms with Crippen molar-refractivity contribution in [2.24, 2.45) is 5.92 Å². The molecular formula is C20H24N2O2. The molecule has 2 N–H and O–H groups in total. The van der Waals surface area contributed by atoms with Crippen molar-refractivity contribution < 1.29 is 9.59 Å². The first-order valence-corrected chi connectivity index (χ1v) is 8.12. The standard InChI is InChI=1S/C20H24N2O2/c1-13(2)18(22-19(23)16-8-6-5-7-9-16)20(24)21-17-11-10-14(3)15(4)12-17/h5-13,18H,1-4H3,(H,21,24)(H,22,23). The topological polar surface area (TPSA) is 58.2 Å². The van der Waals surface area contributed by atoms with Gasteiger partial charge in [-0.2, -0.15) is 0 Å². The number of aryl methyl sites for hydroxylation is 2. The molecule has 2 aromatic rings. The summed E-state index contributed by atoms with van der Waals surface area (Å²) in [6.45, 7) is 7.85. The summed E-state index contributed by atoms with van der Waals surface area (Å²) >= 11 is 0. The second-order valence-corrected chi connectivity index (χ2v) is 6.35. The van der Waals surface area contributed by atoms with Crippen LogP contribution in [0, 0.1) is 19.8 Å². The second-order valence-electron chi connectivity index (χ2n) is 6.35. The molecule has 0 aliphatic carbocycles. The van der Waals surface area contributed by atoms with E-state index in [4.69, 9.17) is 0 Å². The van der Waals surface area contributed by atoms with Crippen molar-refractivity contribution in [3.8, 4) is 0 Å². The first-order valence-electron chi connectivity index (χ1n) is 8.12. The lowest BCUT2D eigenvalue weighted by atomic mass is 10.0. The minimum atomic E-state index is -0.598. The molecule has 1 unspecified atom stereocenters. The van der Waals surface area contributed by atoms with Gasteiger partial charge in [-0.1, -0.05) is 38.1 Å². The molecule has 2 rings (SSSR count). The molecule has 0 aliphatic rings. The Balaban J connectivity index is 2.10. The number of carbonyl (C=O) groups excluding carboxylic acids is 2. The molecule has 4 nitrogen and oxygen atoms in total. The summed E-state index contributed by atoms with van der Waals surface area (Å²) in [6.07, 6.45) is 0. The fourth-order valence-corrected chi connectivity index (χ4v) is 2.39. The van der Waals surface area contributed by atoms with Gasteiger partial charge in [0.15, 0.2) is 0 Å². The fraction of sp³-hybridized carbons (Fsp3) is 0.300. The number of rotatable bonds is 5. The number of anilines is 1. The Hall–Kier alpha value is -2.62. The predicted molar refractivity (Wildman–Crippen MR) is 97.1 cm³/mol. The third kappa shape index (κ3) is 4.44. The minimum absolute atomic E-state index is 0.0239. The molecule has 0 heterocycles. The summed E-state index contributed by atoms with van der Waals surface area (Å²) in [5.74, 6) is -0.480. The molecule has 24 heavy (non-hydrogen) atoms. The third-order valence-electron chi connectivity index (χ3n) is 4.05. The average Bonchev–Trinajstić information content (AvgIpc) is 2.56. The first kappa shape index (κ1) is 17.7. The number of benzene rings is 2. The maximum Gasteiger partial charge on any atom is 0.251 e. The highest BCUT2D eigenvalue weighted by atomic mass is 16.2. The van der Waals surface area contributed by atoms with Crippen molar-refractivity contribution >= 4 is 17.5 Å². The summed E-state index contributed by atoms with van der Waals surface area (Å²) in [5.41, 5.74) is 3.57. The summed E-state index contributed by atoms with van der Waals surface area (Å²) in [6, 6.07) is 14.1. The van der Waals surface area contributed by atoms with Crippen molar-refractivity contribution in [1.82, 2.24) is 5.32 Å². The predicted octanol–water partition coefficient (Wildman–Crippen LogP) is 3.70. The molecule has 0 spiro atoms. The van der Waals surface area contributed by atoms with E-state index in [-0.39, 0.29) is 17.7 Å². The summed E-state index contributed by atoms with van der Waals surface area (Å²) < 4.78 is 0. The number of hydrogen-bond donors (Lipinski definition) is 2. The number of hydrogen-bond acceptors (Lipinski definition) is 2. The molecule has 1 atom stereocenters. The van der Waals surface area contributed by atoms with Gasteiger partial charge in [0, 0.05) is 11.3 Å². The van der Waals surface area contributed by atoms with Crippen LogP contribution in [0.25, 0.3) is 0 Å². The Kier molecular flexibility index (Phi) is 5.74. The molecule has 4 heteroatoms. The van der Waals surface area contributed by atoms with Crippen molar-refractivity contribution in [2.75, 3.05) is 5.32 Å². The minimum Gasteiger partial charge on any atom is -0.340 e. The molecule has 0 radical (unpaired) electrons. The normalized spacial score (nSPS) is 11.9. The van der Waals surface area contributed by atoms with Crippen LogP contribution >= 0.6 is 0 Å². The zero-order valence-electron chi connectivity index (χ0n) is 14.6. The average molecular weight is 324 g/mol. The van der Waals surface area contributed by atoms with E-state index in [9.17, 15) is 9.59 Å². The molecule has 2 amide bonds. The molecule has 0 bridgehead atoms. The number of nitrogens with one attached hydrogen (secondary N) is 2. The Morgan fingerprint density at radius 1 is 0.917 bits per heavy atom. The van der Waals surface area contributed by atoms with Gasteiger partial charge in [-0.3, -0.25) is 9.59 Å². The van der Waals surface area contributed by atoms with Gasteiger partial charge >= 0.3 is 0 Å². The fourth-order valence-electron chi connectivity index (χ4n) is 2.39. The Morgan fingerprint density at radius 3 is 2.17 bits per heavy atom. The SMILES string of the molecule is Cc1ccc(NC(=O)C(NC(=O)c2ccccc2)C(C)C)cc1C. The van der Waals surface area contributed by atoms with Gasteiger partial charge in [0.25, 0.3) is 5.91 Å². The van der Waals surface area contributed by atoms with E-state index < -0.39 is 6.04 Å². The van der Waals surface area contributed by atoms with E-state index in [2.05, 4.69) is 10.6 Å². The van der Waals surface area contributed by atoms with Crippen LogP contribution in [-0.2, 0) is 4.79 Å². The van der Waals surface area contributed by atoms with E-state index >= 15 is 0 Å². The van der Waals surface area contributed by atoms with Crippen molar-refractivity contribution in [3.05, 3.63) is 65.2 Å². The van der Waals surface area contributed by atoms with Crippen molar-refractivity contribution in [2.45, 2.75) is 33.7 Å². The number of carbonyl (C=O) groups is 2. The maximum atomic E-state index is 12.6. The van der Waals surface area contributed by atoms with Gasteiger partial charge in [0.05, 0.1) is 0 Å². The Morgan fingerprint density at radius 2 is 1.58 bits per heavy atom. The lowest BCUT2D eigenvalue weighted by molar-refractivity contribution is -0.118. The van der Waals surface area contributed by atoms with E-state index in [1.54, 1.807) is 24.3 Å². The molecule has 0 saturated heterocycles. The first-order chi connectivity index (χ1) is 11.4. The summed E-state index contributed by atoms with van der Waals surface area (Å²) in [4.78, 5) is 24.9. The Labute approximate surface area is 143 Å². The third-order valence-corrected chi connectivity index (χ3v) is 4.05. The monoisotopic (exact) mass is 324 g/mol. The van der Waals surface area contributed by atoms with Crippen LogP contribution in [0.2, 0.25) is 0 Å². The zero-order valence-corrected chi connectivity index (χ0v) is 14.6. The van der Waals surface area contributed by atoms with E-state index in [1.807, 2.05) is 52.0 Å². The molecular weight excluding hydrogens is 300 g/mol. The maximum absolute atomic E-state index is 12.6. The second kappa shape index (κ2) is 7.77. The van der Waals surface area contributed by atoms with Crippen LogP contribution in [0.5, 0.6) is 0 Å². The zero-order chi connectivity index (χ0) is 17.7. The van der Waals surface area contributed by atoms with E-state index in [1.165, 1.54) is 5.56 Å². The lowest BCUT2D eigenvalue weighted by Crippen LogP contribution is -2.47.